The van der Waals surface area contributed by atoms with Gasteiger partial charge >= 0.3 is 0 Å². The maximum absolute atomic E-state index is 11.9. The van der Waals surface area contributed by atoms with Crippen molar-refractivity contribution in [3.05, 3.63) is 68.8 Å². The van der Waals surface area contributed by atoms with Crippen LogP contribution >= 0.6 is 22.6 Å². The zero-order chi connectivity index (χ0) is 13.0. The van der Waals surface area contributed by atoms with Crippen LogP contribution in [0.15, 0.2) is 48.5 Å². The van der Waals surface area contributed by atoms with Gasteiger partial charge in [-0.15, -0.1) is 0 Å². The van der Waals surface area contributed by atoms with Gasteiger partial charge in [0.15, 0.2) is 0 Å². The van der Waals surface area contributed by atoms with E-state index in [4.69, 9.17) is 0 Å². The molecule has 18 heavy (non-hydrogen) atoms. The Labute approximate surface area is 121 Å². The number of carbonyl (C=O) groups excluding carboxylic acids is 1. The molecule has 92 valence electrons. The maximum atomic E-state index is 11.9. The average Bonchev–Trinajstić information content (AvgIpc) is 2.35. The molecule has 0 bridgehead atoms. The lowest BCUT2D eigenvalue weighted by atomic mass is 10.0. The van der Waals surface area contributed by atoms with Crippen LogP contribution in [0, 0.1) is 10.5 Å². The van der Waals surface area contributed by atoms with Gasteiger partial charge in [-0.1, -0.05) is 42.0 Å². The molecule has 0 aliphatic heterocycles. The van der Waals surface area contributed by atoms with E-state index in [0.29, 0.717) is 12.8 Å². The fourth-order valence-electron chi connectivity index (χ4n) is 1.83. The number of rotatable bonds is 4. The maximum Gasteiger partial charge on any atom is 0.141 e. The number of Topliss-reactive ketones (excluding diaryl/α,β-unsaturated/α-hetero) is 1. The molecule has 0 heterocycles. The van der Waals surface area contributed by atoms with Crippen LogP contribution in [0.25, 0.3) is 0 Å². The molecule has 0 spiro atoms. The van der Waals surface area contributed by atoms with Crippen LogP contribution in [0.4, 0.5) is 0 Å². The molecular formula is C16H15IO. The molecule has 0 atom stereocenters. The number of hydrogen-bond donors (Lipinski definition) is 0. The predicted molar refractivity (Wildman–Crippen MR) is 82.8 cm³/mol. The van der Waals surface area contributed by atoms with Gasteiger partial charge in [0.1, 0.15) is 5.78 Å². The average molecular weight is 350 g/mol. The molecule has 0 saturated heterocycles. The minimum absolute atomic E-state index is 0.264. The second-order valence-corrected chi connectivity index (χ2v) is 5.75. The van der Waals surface area contributed by atoms with Gasteiger partial charge in [-0.25, -0.2) is 0 Å². The Morgan fingerprint density at radius 3 is 1.83 bits per heavy atom. The van der Waals surface area contributed by atoms with Crippen LogP contribution in [-0.2, 0) is 17.6 Å². The SMILES string of the molecule is Cc1ccc(CC(=O)Cc2ccc(I)cc2)cc1. The second kappa shape index (κ2) is 6.14. The van der Waals surface area contributed by atoms with Crippen molar-refractivity contribution in [3.8, 4) is 0 Å². The molecular weight excluding hydrogens is 335 g/mol. The summed E-state index contributed by atoms with van der Waals surface area (Å²) >= 11 is 2.27. The Balaban J connectivity index is 1.96. The van der Waals surface area contributed by atoms with Gasteiger partial charge in [0.2, 0.25) is 0 Å². The highest BCUT2D eigenvalue weighted by Gasteiger charge is 2.05. The molecule has 0 saturated carbocycles. The van der Waals surface area contributed by atoms with E-state index in [-0.39, 0.29) is 5.78 Å². The topological polar surface area (TPSA) is 17.1 Å². The van der Waals surface area contributed by atoms with E-state index in [1.807, 2.05) is 48.5 Å². The molecule has 1 nitrogen and oxygen atoms in total. The van der Waals surface area contributed by atoms with E-state index >= 15 is 0 Å². The highest BCUT2D eigenvalue weighted by Crippen LogP contribution is 2.10. The van der Waals surface area contributed by atoms with Crippen LogP contribution in [0.2, 0.25) is 0 Å². The van der Waals surface area contributed by atoms with Crippen molar-refractivity contribution >= 4 is 28.4 Å². The van der Waals surface area contributed by atoms with Crippen molar-refractivity contribution in [2.45, 2.75) is 19.8 Å². The summed E-state index contributed by atoms with van der Waals surface area (Å²) in [6.07, 6.45) is 1.04. The highest BCUT2D eigenvalue weighted by atomic mass is 127. The molecule has 2 aromatic carbocycles. The summed E-state index contributed by atoms with van der Waals surface area (Å²) in [5, 5.41) is 0. The molecule has 0 N–H and O–H groups in total. The minimum Gasteiger partial charge on any atom is -0.299 e. The zero-order valence-electron chi connectivity index (χ0n) is 10.3. The largest absolute Gasteiger partial charge is 0.299 e. The van der Waals surface area contributed by atoms with Gasteiger partial charge in [0.05, 0.1) is 0 Å². The third-order valence-electron chi connectivity index (χ3n) is 2.84. The monoisotopic (exact) mass is 350 g/mol. The molecule has 2 aromatic rings. The number of aryl methyl sites for hydroxylation is 1. The third kappa shape index (κ3) is 3.95. The van der Waals surface area contributed by atoms with Gasteiger partial charge in [-0.3, -0.25) is 4.79 Å². The quantitative estimate of drug-likeness (QED) is 0.763. The fourth-order valence-corrected chi connectivity index (χ4v) is 2.19. The zero-order valence-corrected chi connectivity index (χ0v) is 12.5. The molecule has 2 rings (SSSR count). The van der Waals surface area contributed by atoms with Crippen molar-refractivity contribution in [2.75, 3.05) is 0 Å². The molecule has 0 aliphatic carbocycles. The molecule has 0 amide bonds. The lowest BCUT2D eigenvalue weighted by Gasteiger charge is -2.03. The summed E-state index contributed by atoms with van der Waals surface area (Å²) in [6, 6.07) is 16.3. The molecule has 0 fully saturated rings. The van der Waals surface area contributed by atoms with Crippen LogP contribution in [0.3, 0.4) is 0 Å². The first kappa shape index (κ1) is 13.3. The first-order valence-corrected chi connectivity index (χ1v) is 7.03. The summed E-state index contributed by atoms with van der Waals surface area (Å²) < 4.78 is 1.20. The summed E-state index contributed by atoms with van der Waals surface area (Å²) in [7, 11) is 0. The number of ketones is 1. The summed E-state index contributed by atoms with van der Waals surface area (Å²) in [4.78, 5) is 11.9. The second-order valence-electron chi connectivity index (χ2n) is 4.50. The molecule has 0 aromatic heterocycles. The van der Waals surface area contributed by atoms with Crippen LogP contribution in [-0.4, -0.2) is 5.78 Å². The first-order chi connectivity index (χ1) is 8.63. The van der Waals surface area contributed by atoms with Crippen LogP contribution in [0.5, 0.6) is 0 Å². The van der Waals surface area contributed by atoms with E-state index in [1.54, 1.807) is 0 Å². The summed E-state index contributed by atoms with van der Waals surface area (Å²) in [5.41, 5.74) is 3.41. The van der Waals surface area contributed by atoms with Crippen LogP contribution < -0.4 is 0 Å². The molecule has 2 heteroatoms. The smallest absolute Gasteiger partial charge is 0.141 e. The van der Waals surface area contributed by atoms with Gasteiger partial charge in [-0.2, -0.15) is 0 Å². The standard InChI is InChI=1S/C16H15IO/c1-12-2-4-13(5-3-12)10-16(18)11-14-6-8-15(17)9-7-14/h2-9H,10-11H2,1H3. The third-order valence-corrected chi connectivity index (χ3v) is 3.56. The van der Waals surface area contributed by atoms with E-state index in [2.05, 4.69) is 29.5 Å². The Bertz CT molecular complexity index is 477. The van der Waals surface area contributed by atoms with E-state index in [0.717, 1.165) is 11.1 Å². The van der Waals surface area contributed by atoms with E-state index in [9.17, 15) is 4.79 Å². The van der Waals surface area contributed by atoms with E-state index < -0.39 is 0 Å². The molecule has 0 radical (unpaired) electrons. The first-order valence-electron chi connectivity index (χ1n) is 5.95. The highest BCUT2D eigenvalue weighted by molar-refractivity contribution is 14.1. The molecule has 0 unspecified atom stereocenters. The Hall–Kier alpha value is -1.16. The van der Waals surface area contributed by atoms with Gasteiger partial charge in [0.25, 0.3) is 0 Å². The predicted octanol–water partition coefficient (Wildman–Crippen LogP) is 3.95. The van der Waals surface area contributed by atoms with Crippen molar-refractivity contribution in [3.63, 3.8) is 0 Å². The van der Waals surface area contributed by atoms with Crippen molar-refractivity contribution in [1.82, 2.24) is 0 Å². The van der Waals surface area contributed by atoms with Gasteiger partial charge < -0.3 is 0 Å². The number of hydrogen-bond acceptors (Lipinski definition) is 1. The number of halogens is 1. The Morgan fingerprint density at radius 1 is 0.889 bits per heavy atom. The minimum atomic E-state index is 0.264. The molecule has 0 aliphatic rings. The van der Waals surface area contributed by atoms with Crippen molar-refractivity contribution in [2.24, 2.45) is 0 Å². The Kier molecular flexibility index (Phi) is 4.53. The summed E-state index contributed by atoms with van der Waals surface area (Å²) in [5.74, 6) is 0.264. The van der Waals surface area contributed by atoms with Crippen molar-refractivity contribution in [1.29, 1.82) is 0 Å². The Morgan fingerprint density at radius 2 is 1.33 bits per heavy atom. The van der Waals surface area contributed by atoms with Crippen molar-refractivity contribution < 1.29 is 4.79 Å². The van der Waals surface area contributed by atoms with Crippen LogP contribution in [0.1, 0.15) is 16.7 Å². The van der Waals surface area contributed by atoms with Gasteiger partial charge in [0, 0.05) is 16.4 Å². The fraction of sp³-hybridized carbons (Fsp3) is 0.188. The lowest BCUT2D eigenvalue weighted by molar-refractivity contribution is -0.117. The number of benzene rings is 2. The van der Waals surface area contributed by atoms with E-state index in [1.165, 1.54) is 9.13 Å². The normalized spacial score (nSPS) is 10.3. The number of carbonyl (C=O) groups is 1. The lowest BCUT2D eigenvalue weighted by Crippen LogP contribution is -2.06. The summed E-state index contributed by atoms with van der Waals surface area (Å²) in [6.45, 7) is 2.05. The van der Waals surface area contributed by atoms with Gasteiger partial charge in [-0.05, 0) is 52.8 Å².